The fraction of sp³-hybridized carbons (Fsp3) is 0.524. The molecule has 1 saturated heterocycles. The van der Waals surface area contributed by atoms with Gasteiger partial charge in [-0.15, -0.1) is 0 Å². The summed E-state index contributed by atoms with van der Waals surface area (Å²) in [6, 6.07) is 9.23. The summed E-state index contributed by atoms with van der Waals surface area (Å²) >= 11 is 0. The molecule has 1 aliphatic rings. The molecule has 0 amide bonds. The average molecular weight is 392 g/mol. The molecule has 154 valence electrons. The van der Waals surface area contributed by atoms with E-state index in [1.54, 1.807) is 41.6 Å². The van der Waals surface area contributed by atoms with Gasteiger partial charge in [0.2, 0.25) is 0 Å². The van der Waals surface area contributed by atoms with Gasteiger partial charge in [0.25, 0.3) is 0 Å². The molecule has 0 bridgehead atoms. The van der Waals surface area contributed by atoms with Crippen molar-refractivity contribution >= 4 is 10.8 Å². The number of phenols is 1. The number of benzene rings is 2. The number of fused-ring (bicyclic) bond motifs is 1. The molecule has 0 saturated carbocycles. The van der Waals surface area contributed by atoms with Gasteiger partial charge in [0.15, 0.2) is 0 Å². The highest BCUT2D eigenvalue weighted by Gasteiger charge is 2.48. The minimum Gasteiger partial charge on any atom is -0.508 e. The molecule has 0 aliphatic carbocycles. The maximum atomic E-state index is 10.8. The second kappa shape index (κ2) is 9.07. The molecule has 0 aromatic heterocycles. The predicted octanol–water partition coefficient (Wildman–Crippen LogP) is 2.69. The third-order valence-electron chi connectivity index (χ3n) is 5.31. The third-order valence-corrected chi connectivity index (χ3v) is 5.31. The Bertz CT molecular complexity index is 794. The van der Waals surface area contributed by atoms with Crippen LogP contribution in [0.3, 0.4) is 0 Å². The summed E-state index contributed by atoms with van der Waals surface area (Å²) in [6.07, 6.45) is -2.26. The lowest BCUT2D eigenvalue weighted by Crippen LogP contribution is -2.57. The van der Waals surface area contributed by atoms with Crippen LogP contribution in [0.25, 0.3) is 10.8 Å². The largest absolute Gasteiger partial charge is 0.508 e. The lowest BCUT2D eigenvalue weighted by atomic mass is 9.88. The number of hydrogen-bond acceptors (Lipinski definition) is 7. The normalized spacial score (nSPS) is 27.8. The van der Waals surface area contributed by atoms with Crippen LogP contribution < -0.4 is 4.74 Å². The van der Waals surface area contributed by atoms with Crippen LogP contribution in [-0.4, -0.2) is 71.7 Å². The molecule has 2 aromatic rings. The van der Waals surface area contributed by atoms with Crippen molar-refractivity contribution in [1.82, 2.24) is 0 Å². The van der Waals surface area contributed by atoms with Crippen LogP contribution in [0, 0.1) is 0 Å². The standard InChI is InChI=1S/C21H28O7/c1-23-11-16-18(25-3)20(26-4)21(27-5)19(28-16)17-14-10-13(24-2)8-6-12(14)7-9-15(17)22/h6-10,16,18-22H,11H2,1-5H3. The van der Waals surface area contributed by atoms with Gasteiger partial charge in [0.05, 0.1) is 13.7 Å². The van der Waals surface area contributed by atoms with Crippen LogP contribution in [0.4, 0.5) is 0 Å². The first-order valence-corrected chi connectivity index (χ1v) is 9.12. The maximum Gasteiger partial charge on any atom is 0.122 e. The van der Waals surface area contributed by atoms with E-state index in [0.717, 1.165) is 10.8 Å². The van der Waals surface area contributed by atoms with Crippen LogP contribution >= 0.6 is 0 Å². The van der Waals surface area contributed by atoms with Crippen LogP contribution in [0.1, 0.15) is 11.7 Å². The Hall–Kier alpha value is -1.90. The molecule has 1 N–H and O–H groups in total. The molecule has 28 heavy (non-hydrogen) atoms. The lowest BCUT2D eigenvalue weighted by Gasteiger charge is -2.45. The van der Waals surface area contributed by atoms with Gasteiger partial charge in [-0.3, -0.25) is 0 Å². The molecule has 7 heteroatoms. The Morgan fingerprint density at radius 2 is 1.57 bits per heavy atom. The SMILES string of the molecule is COCC1OC(c2c(O)ccc3ccc(OC)cc23)C(OC)C(OC)C1OC. The van der Waals surface area contributed by atoms with E-state index in [2.05, 4.69) is 0 Å². The fourth-order valence-electron chi connectivity index (χ4n) is 3.99. The highest BCUT2D eigenvalue weighted by atomic mass is 16.6. The van der Waals surface area contributed by atoms with E-state index in [9.17, 15) is 5.11 Å². The molecule has 0 spiro atoms. The fourth-order valence-corrected chi connectivity index (χ4v) is 3.99. The van der Waals surface area contributed by atoms with Crippen LogP contribution in [0.2, 0.25) is 0 Å². The van der Waals surface area contributed by atoms with Crippen molar-refractivity contribution < 1.29 is 33.5 Å². The molecule has 2 aromatic carbocycles. The third kappa shape index (κ3) is 3.68. The maximum absolute atomic E-state index is 10.8. The highest BCUT2D eigenvalue weighted by molar-refractivity contribution is 5.89. The summed E-state index contributed by atoms with van der Waals surface area (Å²) < 4.78 is 34.2. The van der Waals surface area contributed by atoms with E-state index < -0.39 is 24.4 Å². The smallest absolute Gasteiger partial charge is 0.122 e. The van der Waals surface area contributed by atoms with Gasteiger partial charge in [-0.1, -0.05) is 12.1 Å². The monoisotopic (exact) mass is 392 g/mol. The zero-order valence-corrected chi connectivity index (χ0v) is 16.9. The Kier molecular flexibility index (Phi) is 6.74. The quantitative estimate of drug-likeness (QED) is 0.776. The van der Waals surface area contributed by atoms with E-state index in [4.69, 9.17) is 28.4 Å². The number of aromatic hydroxyl groups is 1. The molecular formula is C21H28O7. The zero-order chi connectivity index (χ0) is 20.3. The van der Waals surface area contributed by atoms with E-state index >= 15 is 0 Å². The first-order valence-electron chi connectivity index (χ1n) is 9.12. The van der Waals surface area contributed by atoms with Crippen molar-refractivity contribution in [3.05, 3.63) is 35.9 Å². The molecule has 0 radical (unpaired) electrons. The summed E-state index contributed by atoms with van der Waals surface area (Å²) in [4.78, 5) is 0. The first-order chi connectivity index (χ1) is 13.6. The molecule has 1 aliphatic heterocycles. The number of rotatable bonds is 7. The summed E-state index contributed by atoms with van der Waals surface area (Å²) in [7, 11) is 8.03. The van der Waals surface area contributed by atoms with Crippen LogP contribution in [-0.2, 0) is 23.7 Å². The van der Waals surface area contributed by atoms with E-state index in [1.165, 1.54) is 0 Å². The zero-order valence-electron chi connectivity index (χ0n) is 16.9. The van der Waals surface area contributed by atoms with Gasteiger partial charge in [-0.25, -0.2) is 0 Å². The molecular weight excluding hydrogens is 364 g/mol. The Morgan fingerprint density at radius 1 is 0.893 bits per heavy atom. The Balaban J connectivity index is 2.15. The summed E-state index contributed by atoms with van der Waals surface area (Å²) in [5, 5.41) is 12.5. The van der Waals surface area contributed by atoms with Crippen molar-refractivity contribution in [2.45, 2.75) is 30.5 Å². The van der Waals surface area contributed by atoms with Gasteiger partial charge in [0, 0.05) is 34.0 Å². The average Bonchev–Trinajstić information content (AvgIpc) is 2.72. The minimum atomic E-state index is -0.586. The Labute approximate surface area is 165 Å². The topological polar surface area (TPSA) is 75.6 Å². The van der Waals surface area contributed by atoms with Gasteiger partial charge in [0.1, 0.15) is 42.0 Å². The second-order valence-electron chi connectivity index (χ2n) is 6.74. The number of hydrogen-bond donors (Lipinski definition) is 1. The van der Waals surface area contributed by atoms with Gasteiger partial charge in [-0.2, -0.15) is 0 Å². The molecule has 7 nitrogen and oxygen atoms in total. The van der Waals surface area contributed by atoms with Crippen molar-refractivity contribution in [3.63, 3.8) is 0 Å². The van der Waals surface area contributed by atoms with Crippen LogP contribution in [0.5, 0.6) is 11.5 Å². The highest BCUT2D eigenvalue weighted by Crippen LogP contribution is 2.43. The number of ether oxygens (including phenoxy) is 6. The molecule has 3 rings (SSSR count). The van der Waals surface area contributed by atoms with Gasteiger partial charge in [-0.05, 0) is 29.0 Å². The van der Waals surface area contributed by atoms with Crippen molar-refractivity contribution in [2.24, 2.45) is 0 Å². The van der Waals surface area contributed by atoms with E-state index in [1.807, 2.05) is 24.3 Å². The minimum absolute atomic E-state index is 0.120. The molecule has 1 fully saturated rings. The summed E-state index contributed by atoms with van der Waals surface area (Å²) in [5.74, 6) is 0.810. The van der Waals surface area contributed by atoms with Gasteiger partial charge >= 0.3 is 0 Å². The molecule has 5 unspecified atom stereocenters. The number of methoxy groups -OCH3 is 5. The van der Waals surface area contributed by atoms with E-state index in [0.29, 0.717) is 17.9 Å². The predicted molar refractivity (Wildman–Crippen MR) is 104 cm³/mol. The van der Waals surface area contributed by atoms with Crippen molar-refractivity contribution in [3.8, 4) is 11.5 Å². The molecule has 5 atom stereocenters. The van der Waals surface area contributed by atoms with Crippen LogP contribution in [0.15, 0.2) is 30.3 Å². The lowest BCUT2D eigenvalue weighted by molar-refractivity contribution is -0.252. The first kappa shape index (κ1) is 20.8. The molecule has 1 heterocycles. The van der Waals surface area contributed by atoms with Gasteiger partial charge < -0.3 is 33.5 Å². The number of phenolic OH excluding ortho intramolecular Hbond substituents is 1. The van der Waals surface area contributed by atoms with Crippen molar-refractivity contribution in [2.75, 3.05) is 42.2 Å². The summed E-state index contributed by atoms with van der Waals surface area (Å²) in [6.45, 7) is 0.320. The Morgan fingerprint density at radius 3 is 2.18 bits per heavy atom. The van der Waals surface area contributed by atoms with Crippen molar-refractivity contribution in [1.29, 1.82) is 0 Å². The second-order valence-corrected chi connectivity index (χ2v) is 6.74. The summed E-state index contributed by atoms with van der Waals surface area (Å²) in [5.41, 5.74) is 0.626. The van der Waals surface area contributed by atoms with E-state index in [-0.39, 0.29) is 11.9 Å².